The average molecular weight is 245 g/mol. The third kappa shape index (κ3) is 3.46. The summed E-state index contributed by atoms with van der Waals surface area (Å²) in [5, 5.41) is 0.913. The van der Waals surface area contributed by atoms with Crippen LogP contribution in [0.4, 0.5) is 5.69 Å². The molecule has 0 atom stereocenters. The molecule has 0 aliphatic rings. The van der Waals surface area contributed by atoms with E-state index in [1.54, 1.807) is 24.3 Å². The molecule has 0 unspecified atom stereocenters. The monoisotopic (exact) mass is 244 g/mol. The molecule has 5 heteroatoms. The summed E-state index contributed by atoms with van der Waals surface area (Å²) < 4.78 is 0. The zero-order valence-corrected chi connectivity index (χ0v) is 9.35. The topological polar surface area (TPSA) is 69.1 Å². The minimum atomic E-state index is -0.399. The maximum atomic E-state index is 10.5. The van der Waals surface area contributed by atoms with Crippen LogP contribution in [0.3, 0.4) is 0 Å². The number of primary amides is 1. The standard InChI is InChI=1S/C10H10Cl2N2O/c11-7-5-9(13)8(12)4-6(7)2-1-3-10(14)15/h1-2,4-5H,3,13H2,(H2,14,15). The number of benzene rings is 1. The zero-order valence-electron chi connectivity index (χ0n) is 7.84. The van der Waals surface area contributed by atoms with Crippen molar-refractivity contribution in [2.45, 2.75) is 6.42 Å². The van der Waals surface area contributed by atoms with Crippen LogP contribution in [0, 0.1) is 0 Å². The van der Waals surface area contributed by atoms with E-state index in [4.69, 9.17) is 34.7 Å². The van der Waals surface area contributed by atoms with Crippen molar-refractivity contribution in [2.24, 2.45) is 5.73 Å². The van der Waals surface area contributed by atoms with Crippen molar-refractivity contribution in [3.63, 3.8) is 0 Å². The van der Waals surface area contributed by atoms with Gasteiger partial charge < -0.3 is 11.5 Å². The van der Waals surface area contributed by atoms with E-state index in [0.717, 1.165) is 0 Å². The van der Waals surface area contributed by atoms with Gasteiger partial charge in [0.2, 0.25) is 5.91 Å². The van der Waals surface area contributed by atoms with Crippen LogP contribution in [-0.2, 0) is 4.79 Å². The SMILES string of the molecule is NC(=O)CC=Cc1cc(Cl)c(N)cc1Cl. The minimum absolute atomic E-state index is 0.165. The quantitative estimate of drug-likeness (QED) is 0.803. The van der Waals surface area contributed by atoms with Gasteiger partial charge in [-0.2, -0.15) is 0 Å². The van der Waals surface area contributed by atoms with Crippen LogP contribution >= 0.6 is 23.2 Å². The number of rotatable bonds is 3. The summed E-state index contributed by atoms with van der Waals surface area (Å²) in [5.74, 6) is -0.399. The van der Waals surface area contributed by atoms with Gasteiger partial charge in [0.25, 0.3) is 0 Å². The van der Waals surface area contributed by atoms with Crippen LogP contribution in [0.15, 0.2) is 18.2 Å². The highest BCUT2D eigenvalue weighted by Crippen LogP contribution is 2.27. The van der Waals surface area contributed by atoms with Crippen molar-refractivity contribution in [3.8, 4) is 0 Å². The second kappa shape index (κ2) is 5.05. The highest BCUT2D eigenvalue weighted by molar-refractivity contribution is 6.36. The molecule has 0 aromatic heterocycles. The first-order chi connectivity index (χ1) is 7.00. The van der Waals surface area contributed by atoms with Gasteiger partial charge in [-0.05, 0) is 17.7 Å². The van der Waals surface area contributed by atoms with E-state index in [-0.39, 0.29) is 6.42 Å². The van der Waals surface area contributed by atoms with Crippen molar-refractivity contribution in [1.82, 2.24) is 0 Å². The molecule has 1 aromatic carbocycles. The molecule has 0 bridgehead atoms. The predicted octanol–water partition coefficient (Wildman–Crippen LogP) is 2.46. The van der Waals surface area contributed by atoms with Crippen LogP contribution in [0.1, 0.15) is 12.0 Å². The second-order valence-electron chi connectivity index (χ2n) is 2.97. The number of amides is 1. The molecule has 0 spiro atoms. The van der Waals surface area contributed by atoms with E-state index in [0.29, 0.717) is 21.3 Å². The first kappa shape index (κ1) is 11.9. The molecule has 80 valence electrons. The Kier molecular flexibility index (Phi) is 4.00. The number of hydrogen-bond donors (Lipinski definition) is 2. The number of nitrogen functional groups attached to an aromatic ring is 1. The summed E-state index contributed by atoms with van der Waals surface area (Å²) in [5.41, 5.74) is 11.7. The number of nitrogens with two attached hydrogens (primary N) is 2. The van der Waals surface area contributed by atoms with Crippen LogP contribution < -0.4 is 11.5 Å². The Morgan fingerprint density at radius 3 is 2.60 bits per heavy atom. The fraction of sp³-hybridized carbons (Fsp3) is 0.100. The summed E-state index contributed by atoms with van der Waals surface area (Å²) in [7, 11) is 0. The summed E-state index contributed by atoms with van der Waals surface area (Å²) in [6.45, 7) is 0. The maximum Gasteiger partial charge on any atom is 0.221 e. The lowest BCUT2D eigenvalue weighted by Gasteiger charge is -2.02. The van der Waals surface area contributed by atoms with Gasteiger partial charge in [0.05, 0.1) is 10.7 Å². The third-order valence-corrected chi connectivity index (χ3v) is 2.39. The molecule has 0 aliphatic carbocycles. The molecular weight excluding hydrogens is 235 g/mol. The molecule has 1 amide bonds. The largest absolute Gasteiger partial charge is 0.397 e. The lowest BCUT2D eigenvalue weighted by molar-refractivity contribution is -0.117. The van der Waals surface area contributed by atoms with Gasteiger partial charge in [-0.3, -0.25) is 4.79 Å². The molecule has 0 saturated carbocycles. The first-order valence-electron chi connectivity index (χ1n) is 4.20. The van der Waals surface area contributed by atoms with Crippen LogP contribution in [0.25, 0.3) is 6.08 Å². The van der Waals surface area contributed by atoms with Crippen LogP contribution in [0.5, 0.6) is 0 Å². The van der Waals surface area contributed by atoms with Crippen LogP contribution in [0.2, 0.25) is 10.0 Å². The fourth-order valence-electron chi connectivity index (χ4n) is 1.01. The van der Waals surface area contributed by atoms with Gasteiger partial charge in [-0.25, -0.2) is 0 Å². The number of carbonyl (C=O) groups excluding carboxylic acids is 1. The number of carbonyl (C=O) groups is 1. The van der Waals surface area contributed by atoms with Crippen molar-refractivity contribution in [2.75, 3.05) is 5.73 Å². The van der Waals surface area contributed by atoms with E-state index in [1.165, 1.54) is 0 Å². The predicted molar refractivity (Wildman–Crippen MR) is 63.7 cm³/mol. The first-order valence-corrected chi connectivity index (χ1v) is 4.95. The molecule has 0 radical (unpaired) electrons. The Hall–Kier alpha value is -1.19. The summed E-state index contributed by atoms with van der Waals surface area (Å²) in [6, 6.07) is 3.20. The Morgan fingerprint density at radius 1 is 1.33 bits per heavy atom. The molecule has 3 nitrogen and oxygen atoms in total. The van der Waals surface area contributed by atoms with E-state index >= 15 is 0 Å². The lowest BCUT2D eigenvalue weighted by atomic mass is 10.2. The van der Waals surface area contributed by atoms with E-state index < -0.39 is 5.91 Å². The van der Waals surface area contributed by atoms with Crippen molar-refractivity contribution >= 4 is 40.9 Å². The highest BCUT2D eigenvalue weighted by Gasteiger charge is 2.02. The van der Waals surface area contributed by atoms with Crippen molar-refractivity contribution in [1.29, 1.82) is 0 Å². The highest BCUT2D eigenvalue weighted by atomic mass is 35.5. The average Bonchev–Trinajstić information content (AvgIpc) is 2.13. The smallest absolute Gasteiger partial charge is 0.221 e. The molecule has 1 aromatic rings. The normalized spacial score (nSPS) is 10.8. The Morgan fingerprint density at radius 2 is 2.00 bits per heavy atom. The van der Waals surface area contributed by atoms with E-state index in [2.05, 4.69) is 0 Å². The number of halogens is 2. The van der Waals surface area contributed by atoms with Gasteiger partial charge in [-0.1, -0.05) is 35.4 Å². The van der Waals surface area contributed by atoms with Gasteiger partial charge in [-0.15, -0.1) is 0 Å². The summed E-state index contributed by atoms with van der Waals surface area (Å²) in [6.07, 6.45) is 3.47. The molecule has 0 aliphatic heterocycles. The Labute approximate surface area is 97.6 Å². The molecule has 0 saturated heterocycles. The number of anilines is 1. The fourth-order valence-corrected chi connectivity index (χ4v) is 1.41. The second-order valence-corrected chi connectivity index (χ2v) is 3.78. The summed E-state index contributed by atoms with van der Waals surface area (Å²) in [4.78, 5) is 10.5. The van der Waals surface area contributed by atoms with Crippen molar-refractivity contribution in [3.05, 3.63) is 33.8 Å². The van der Waals surface area contributed by atoms with E-state index in [1.807, 2.05) is 0 Å². The summed E-state index contributed by atoms with van der Waals surface area (Å²) >= 11 is 11.7. The molecular formula is C10H10Cl2N2O. The zero-order chi connectivity index (χ0) is 11.4. The van der Waals surface area contributed by atoms with Gasteiger partial charge >= 0.3 is 0 Å². The van der Waals surface area contributed by atoms with Crippen LogP contribution in [-0.4, -0.2) is 5.91 Å². The minimum Gasteiger partial charge on any atom is -0.397 e. The Balaban J connectivity index is 2.90. The Bertz CT molecular complexity index is 416. The van der Waals surface area contributed by atoms with Gasteiger partial charge in [0, 0.05) is 11.4 Å². The molecule has 15 heavy (non-hydrogen) atoms. The molecule has 1 rings (SSSR count). The molecule has 0 heterocycles. The molecule has 0 fully saturated rings. The molecule has 4 N–H and O–H groups in total. The van der Waals surface area contributed by atoms with Gasteiger partial charge in [0.15, 0.2) is 0 Å². The van der Waals surface area contributed by atoms with Gasteiger partial charge in [0.1, 0.15) is 0 Å². The van der Waals surface area contributed by atoms with Crippen molar-refractivity contribution < 1.29 is 4.79 Å². The number of hydrogen-bond acceptors (Lipinski definition) is 2. The maximum absolute atomic E-state index is 10.5. The third-order valence-electron chi connectivity index (χ3n) is 1.73. The lowest BCUT2D eigenvalue weighted by Crippen LogP contribution is -2.07. The van der Waals surface area contributed by atoms with E-state index in [9.17, 15) is 4.79 Å².